The Labute approximate surface area is 179 Å². The minimum absolute atomic E-state index is 0.0576. The number of alkyl halides is 1. The van der Waals surface area contributed by atoms with Crippen molar-refractivity contribution < 1.29 is 18.0 Å². The number of carbonyl (C=O) groups is 1. The SMILES string of the molecule is Nc1sc(-c2cc(F)ccc2F)nc1C(=O)Nc1cn[nH]c1N1CCC(N)C(F)CC1. The van der Waals surface area contributed by atoms with Crippen LogP contribution >= 0.6 is 11.3 Å². The van der Waals surface area contributed by atoms with Gasteiger partial charge < -0.3 is 21.7 Å². The van der Waals surface area contributed by atoms with Gasteiger partial charge in [0, 0.05) is 24.7 Å². The van der Waals surface area contributed by atoms with Crippen molar-refractivity contribution in [2.75, 3.05) is 29.0 Å². The molecule has 164 valence electrons. The van der Waals surface area contributed by atoms with E-state index < -0.39 is 29.8 Å². The Hall–Kier alpha value is -3.12. The Morgan fingerprint density at radius 3 is 2.87 bits per heavy atom. The highest BCUT2D eigenvalue weighted by molar-refractivity contribution is 7.19. The molecule has 0 bridgehead atoms. The quantitative estimate of drug-likeness (QED) is 0.483. The maximum Gasteiger partial charge on any atom is 0.277 e. The Bertz CT molecular complexity index is 1090. The number of nitrogens with zero attached hydrogens (tertiary/aromatic N) is 3. The lowest BCUT2D eigenvalue weighted by Gasteiger charge is -2.21. The Morgan fingerprint density at radius 1 is 1.29 bits per heavy atom. The van der Waals surface area contributed by atoms with Crippen molar-refractivity contribution in [2.24, 2.45) is 5.73 Å². The van der Waals surface area contributed by atoms with Gasteiger partial charge in [-0.05, 0) is 31.0 Å². The van der Waals surface area contributed by atoms with E-state index in [2.05, 4.69) is 20.5 Å². The number of thiazole rings is 1. The van der Waals surface area contributed by atoms with E-state index >= 15 is 0 Å². The van der Waals surface area contributed by atoms with E-state index in [4.69, 9.17) is 11.5 Å². The molecule has 1 amide bonds. The number of hydrogen-bond donors (Lipinski definition) is 4. The number of halogens is 3. The van der Waals surface area contributed by atoms with Crippen molar-refractivity contribution in [1.82, 2.24) is 15.2 Å². The first kappa shape index (κ1) is 21.1. The second-order valence-corrected chi connectivity index (χ2v) is 8.22. The fraction of sp³-hybridized carbons (Fsp3) is 0.316. The van der Waals surface area contributed by atoms with E-state index in [1.807, 2.05) is 4.90 Å². The lowest BCUT2D eigenvalue weighted by molar-refractivity contribution is 0.102. The maximum absolute atomic E-state index is 14.1. The van der Waals surface area contributed by atoms with Crippen LogP contribution < -0.4 is 21.7 Å². The summed E-state index contributed by atoms with van der Waals surface area (Å²) >= 11 is 0.876. The van der Waals surface area contributed by atoms with Crippen molar-refractivity contribution in [3.8, 4) is 10.6 Å². The first-order chi connectivity index (χ1) is 14.8. The number of rotatable bonds is 4. The molecular formula is C19H20F3N7OS. The first-order valence-electron chi connectivity index (χ1n) is 9.54. The highest BCUT2D eigenvalue weighted by Gasteiger charge is 2.26. The number of nitrogens with one attached hydrogen (secondary N) is 2. The van der Waals surface area contributed by atoms with Gasteiger partial charge in [-0.3, -0.25) is 9.89 Å². The largest absolute Gasteiger partial charge is 0.389 e. The number of H-pyrrole nitrogens is 1. The number of aromatic nitrogens is 3. The second kappa shape index (κ2) is 8.55. The minimum atomic E-state index is -1.09. The molecule has 0 saturated carbocycles. The number of aromatic amines is 1. The highest BCUT2D eigenvalue weighted by atomic mass is 32.1. The summed E-state index contributed by atoms with van der Waals surface area (Å²) < 4.78 is 41.5. The summed E-state index contributed by atoms with van der Waals surface area (Å²) in [7, 11) is 0. The van der Waals surface area contributed by atoms with E-state index in [-0.39, 0.29) is 27.7 Å². The summed E-state index contributed by atoms with van der Waals surface area (Å²) in [6, 6.07) is 2.42. The third-order valence-electron chi connectivity index (χ3n) is 5.08. The highest BCUT2D eigenvalue weighted by Crippen LogP contribution is 2.33. The van der Waals surface area contributed by atoms with Crippen LogP contribution in [0.2, 0.25) is 0 Å². The monoisotopic (exact) mass is 451 g/mol. The Kier molecular flexibility index (Phi) is 5.83. The van der Waals surface area contributed by atoms with Crippen molar-refractivity contribution >= 4 is 33.8 Å². The average Bonchev–Trinajstić information content (AvgIpc) is 3.31. The lowest BCUT2D eigenvalue weighted by Crippen LogP contribution is -2.31. The van der Waals surface area contributed by atoms with Gasteiger partial charge in [0.2, 0.25) is 0 Å². The summed E-state index contributed by atoms with van der Waals surface area (Å²) in [6.07, 6.45) is 1.03. The van der Waals surface area contributed by atoms with Crippen molar-refractivity contribution in [2.45, 2.75) is 25.1 Å². The summed E-state index contributed by atoms with van der Waals surface area (Å²) in [5, 5.41) is 9.59. The van der Waals surface area contributed by atoms with Crippen LogP contribution in [-0.4, -0.2) is 46.4 Å². The van der Waals surface area contributed by atoms with E-state index in [1.54, 1.807) is 0 Å². The van der Waals surface area contributed by atoms with Gasteiger partial charge in [-0.2, -0.15) is 5.10 Å². The van der Waals surface area contributed by atoms with Crippen LogP contribution in [-0.2, 0) is 0 Å². The number of hydrogen-bond acceptors (Lipinski definition) is 7. The van der Waals surface area contributed by atoms with Gasteiger partial charge in [0.15, 0.2) is 5.69 Å². The lowest BCUT2D eigenvalue weighted by atomic mass is 10.1. The number of nitrogen functional groups attached to an aromatic ring is 1. The van der Waals surface area contributed by atoms with Crippen LogP contribution in [0.4, 0.5) is 29.7 Å². The first-order valence-corrected chi connectivity index (χ1v) is 10.4. The van der Waals surface area contributed by atoms with E-state index in [1.165, 1.54) is 6.20 Å². The predicted molar refractivity (Wildman–Crippen MR) is 113 cm³/mol. The average molecular weight is 451 g/mol. The van der Waals surface area contributed by atoms with Crippen LogP contribution in [0.3, 0.4) is 0 Å². The molecule has 2 unspecified atom stereocenters. The molecule has 4 rings (SSSR count). The van der Waals surface area contributed by atoms with Crippen molar-refractivity contribution in [3.05, 3.63) is 41.7 Å². The normalized spacial score (nSPS) is 19.3. The summed E-state index contributed by atoms with van der Waals surface area (Å²) in [4.78, 5) is 18.7. The van der Waals surface area contributed by atoms with Crippen LogP contribution in [0, 0.1) is 11.6 Å². The Balaban J connectivity index is 1.54. The molecular weight excluding hydrogens is 431 g/mol. The molecule has 3 aromatic rings. The van der Waals surface area contributed by atoms with Crippen LogP contribution in [0.1, 0.15) is 23.3 Å². The molecule has 8 nitrogen and oxygen atoms in total. The minimum Gasteiger partial charge on any atom is -0.389 e. The van der Waals surface area contributed by atoms with Gasteiger partial charge in [0.25, 0.3) is 5.91 Å². The number of benzene rings is 1. The molecule has 31 heavy (non-hydrogen) atoms. The summed E-state index contributed by atoms with van der Waals surface area (Å²) in [5.41, 5.74) is 11.9. The molecule has 2 aromatic heterocycles. The fourth-order valence-electron chi connectivity index (χ4n) is 3.38. The second-order valence-electron chi connectivity index (χ2n) is 7.19. The molecule has 0 spiro atoms. The third kappa shape index (κ3) is 4.35. The van der Waals surface area contributed by atoms with E-state index in [9.17, 15) is 18.0 Å². The molecule has 1 aromatic carbocycles. The van der Waals surface area contributed by atoms with Crippen LogP contribution in [0.5, 0.6) is 0 Å². The summed E-state index contributed by atoms with van der Waals surface area (Å²) in [6.45, 7) is 0.899. The molecule has 1 fully saturated rings. The smallest absolute Gasteiger partial charge is 0.277 e. The van der Waals surface area contributed by atoms with Gasteiger partial charge in [-0.25, -0.2) is 18.2 Å². The molecule has 1 saturated heterocycles. The number of nitrogens with two attached hydrogens (primary N) is 2. The van der Waals surface area contributed by atoms with E-state index in [0.717, 1.165) is 29.5 Å². The van der Waals surface area contributed by atoms with E-state index in [0.29, 0.717) is 31.0 Å². The molecule has 1 aliphatic heterocycles. The van der Waals surface area contributed by atoms with Crippen molar-refractivity contribution in [1.29, 1.82) is 0 Å². The van der Waals surface area contributed by atoms with Crippen LogP contribution in [0.15, 0.2) is 24.4 Å². The summed E-state index contributed by atoms with van der Waals surface area (Å²) in [5.74, 6) is -1.43. The molecule has 0 aliphatic carbocycles. The van der Waals surface area contributed by atoms with Gasteiger partial charge in [0.1, 0.15) is 39.3 Å². The Morgan fingerprint density at radius 2 is 2.06 bits per heavy atom. The fourth-order valence-corrected chi connectivity index (χ4v) is 4.23. The topological polar surface area (TPSA) is 126 Å². The molecule has 0 radical (unpaired) electrons. The van der Waals surface area contributed by atoms with Gasteiger partial charge in [-0.1, -0.05) is 11.3 Å². The van der Waals surface area contributed by atoms with Crippen molar-refractivity contribution in [3.63, 3.8) is 0 Å². The predicted octanol–water partition coefficient (Wildman–Crippen LogP) is 2.91. The van der Waals surface area contributed by atoms with Gasteiger partial charge in [0.05, 0.1) is 6.20 Å². The zero-order valence-electron chi connectivity index (χ0n) is 16.2. The molecule has 1 aliphatic rings. The van der Waals surface area contributed by atoms with Gasteiger partial charge in [-0.15, -0.1) is 0 Å². The number of amides is 1. The standard InChI is InChI=1S/C19H20F3N7OS/c20-9-1-2-11(21)10(7-9)19-27-15(16(24)31-19)18(30)26-14-8-25-28-17(14)29-5-3-12(22)13(23)4-6-29/h1-2,7-8,12-13H,3-6,23-24H2,(H,25,28)(H,26,30). The molecule has 12 heteroatoms. The third-order valence-corrected chi connectivity index (χ3v) is 6.00. The molecule has 2 atom stereocenters. The zero-order valence-corrected chi connectivity index (χ0v) is 17.1. The zero-order chi connectivity index (χ0) is 22.1. The maximum atomic E-state index is 14.1. The number of carbonyl (C=O) groups excluding carboxylic acids is 1. The molecule has 3 heterocycles. The number of anilines is 3. The van der Waals surface area contributed by atoms with Gasteiger partial charge >= 0.3 is 0 Å². The molecule has 6 N–H and O–H groups in total. The van der Waals surface area contributed by atoms with Crippen LogP contribution in [0.25, 0.3) is 10.6 Å².